The van der Waals surface area contributed by atoms with Crippen LogP contribution in [0.25, 0.3) is 0 Å². The van der Waals surface area contributed by atoms with Gasteiger partial charge in [-0.05, 0) is 32.9 Å². The van der Waals surface area contributed by atoms with Crippen LogP contribution in [0.5, 0.6) is 11.5 Å². The highest BCUT2D eigenvalue weighted by Gasteiger charge is 2.16. The highest BCUT2D eigenvalue weighted by molar-refractivity contribution is 6.05. The largest absolute Gasteiger partial charge is 0.492 e. The number of anilines is 2. The molecule has 1 amide bonds. The minimum atomic E-state index is -0.395. The van der Waals surface area contributed by atoms with Crippen LogP contribution in [0.1, 0.15) is 31.1 Å². The molecule has 0 spiro atoms. The van der Waals surface area contributed by atoms with Crippen LogP contribution in [0.3, 0.4) is 0 Å². The van der Waals surface area contributed by atoms with Crippen molar-refractivity contribution >= 4 is 17.3 Å². The van der Waals surface area contributed by atoms with Crippen molar-refractivity contribution in [3.8, 4) is 17.6 Å². The van der Waals surface area contributed by atoms with Gasteiger partial charge in [0, 0.05) is 17.7 Å². The van der Waals surface area contributed by atoms with Gasteiger partial charge in [0.05, 0.1) is 30.7 Å². The quantitative estimate of drug-likeness (QED) is 0.748. The maximum atomic E-state index is 12.5. The molecule has 6 nitrogen and oxygen atoms in total. The Hall–Kier alpha value is -3.20. The fourth-order valence-electron chi connectivity index (χ4n) is 2.37. The Kier molecular flexibility index (Phi) is 6.86. The van der Waals surface area contributed by atoms with Crippen molar-refractivity contribution in [2.24, 2.45) is 0 Å². The Balaban J connectivity index is 2.38. The molecule has 2 rings (SSSR count). The number of benzene rings is 2. The van der Waals surface area contributed by atoms with E-state index in [0.29, 0.717) is 41.7 Å². The van der Waals surface area contributed by atoms with Crippen LogP contribution in [-0.4, -0.2) is 25.2 Å². The molecule has 2 N–H and O–H groups in total. The predicted octanol–water partition coefficient (Wildman–Crippen LogP) is 4.06. The Morgan fingerprint density at radius 1 is 1.08 bits per heavy atom. The number of hydrogen-bond donors (Lipinski definition) is 2. The third-order valence-corrected chi connectivity index (χ3v) is 3.53. The lowest BCUT2D eigenvalue weighted by molar-refractivity contribution is 0.102. The molecule has 0 aliphatic heterocycles. The molecule has 0 aliphatic carbocycles. The van der Waals surface area contributed by atoms with E-state index in [9.17, 15) is 4.79 Å². The van der Waals surface area contributed by atoms with Gasteiger partial charge in [-0.25, -0.2) is 0 Å². The van der Waals surface area contributed by atoms with E-state index < -0.39 is 6.04 Å². The average molecular weight is 353 g/mol. The van der Waals surface area contributed by atoms with E-state index in [-0.39, 0.29) is 5.91 Å². The number of amides is 1. The summed E-state index contributed by atoms with van der Waals surface area (Å²) in [6.45, 7) is 6.38. The second-order valence-corrected chi connectivity index (χ2v) is 5.53. The molecule has 0 aliphatic rings. The van der Waals surface area contributed by atoms with Gasteiger partial charge < -0.3 is 20.1 Å². The van der Waals surface area contributed by atoms with Crippen molar-refractivity contribution in [1.82, 2.24) is 0 Å². The summed E-state index contributed by atoms with van der Waals surface area (Å²) in [5.41, 5.74) is 1.70. The first-order valence-electron chi connectivity index (χ1n) is 8.55. The van der Waals surface area contributed by atoms with E-state index in [2.05, 4.69) is 16.7 Å². The van der Waals surface area contributed by atoms with Crippen LogP contribution in [0.4, 0.5) is 11.4 Å². The fourth-order valence-corrected chi connectivity index (χ4v) is 2.37. The van der Waals surface area contributed by atoms with Gasteiger partial charge in [-0.2, -0.15) is 5.26 Å². The van der Waals surface area contributed by atoms with Crippen LogP contribution in [0.15, 0.2) is 42.5 Å². The second-order valence-electron chi connectivity index (χ2n) is 5.53. The fraction of sp³-hybridized carbons (Fsp3) is 0.300. The average Bonchev–Trinajstić information content (AvgIpc) is 2.65. The van der Waals surface area contributed by atoms with Gasteiger partial charge in [0.15, 0.2) is 0 Å². The summed E-state index contributed by atoms with van der Waals surface area (Å²) in [5.74, 6) is 0.814. The number of nitriles is 1. The molecular formula is C20H23N3O3. The minimum absolute atomic E-state index is 0.236. The summed E-state index contributed by atoms with van der Waals surface area (Å²) in [6.07, 6.45) is 0. The first-order chi connectivity index (χ1) is 12.6. The van der Waals surface area contributed by atoms with Crippen molar-refractivity contribution in [3.05, 3.63) is 48.0 Å². The number of carbonyl (C=O) groups excluding carboxylic acids is 1. The third-order valence-electron chi connectivity index (χ3n) is 3.53. The first-order valence-corrected chi connectivity index (χ1v) is 8.55. The van der Waals surface area contributed by atoms with Gasteiger partial charge in [-0.15, -0.1) is 0 Å². The Morgan fingerprint density at radius 2 is 1.65 bits per heavy atom. The van der Waals surface area contributed by atoms with E-state index in [1.54, 1.807) is 43.3 Å². The van der Waals surface area contributed by atoms with Gasteiger partial charge in [0.2, 0.25) is 0 Å². The molecular weight excluding hydrogens is 330 g/mol. The molecule has 6 heteroatoms. The summed E-state index contributed by atoms with van der Waals surface area (Å²) in [5, 5.41) is 15.0. The van der Waals surface area contributed by atoms with Gasteiger partial charge >= 0.3 is 0 Å². The van der Waals surface area contributed by atoms with Crippen molar-refractivity contribution in [2.45, 2.75) is 26.8 Å². The molecule has 0 aromatic heterocycles. The van der Waals surface area contributed by atoms with Gasteiger partial charge in [0.1, 0.15) is 17.5 Å². The molecule has 0 bridgehead atoms. The van der Waals surface area contributed by atoms with Gasteiger partial charge in [-0.1, -0.05) is 18.2 Å². The highest BCUT2D eigenvalue weighted by atomic mass is 16.5. The lowest BCUT2D eigenvalue weighted by Gasteiger charge is -2.19. The molecule has 1 unspecified atom stereocenters. The van der Waals surface area contributed by atoms with E-state index in [4.69, 9.17) is 14.7 Å². The third kappa shape index (κ3) is 4.90. The van der Waals surface area contributed by atoms with Crippen LogP contribution in [-0.2, 0) is 0 Å². The maximum Gasteiger partial charge on any atom is 0.255 e. The molecule has 1 atom stereocenters. The number of ether oxygens (including phenoxy) is 2. The minimum Gasteiger partial charge on any atom is -0.492 e. The van der Waals surface area contributed by atoms with Gasteiger partial charge in [-0.3, -0.25) is 4.79 Å². The number of carbonyl (C=O) groups is 1. The monoisotopic (exact) mass is 353 g/mol. The SMILES string of the molecule is CCOc1cc(NC(C)C#N)c(OCC)cc1NC(=O)c1ccccc1. The lowest BCUT2D eigenvalue weighted by atomic mass is 10.2. The summed E-state index contributed by atoms with van der Waals surface area (Å²) < 4.78 is 11.3. The molecule has 0 heterocycles. The summed E-state index contributed by atoms with van der Waals surface area (Å²) in [7, 11) is 0. The zero-order valence-electron chi connectivity index (χ0n) is 15.2. The predicted molar refractivity (Wildman–Crippen MR) is 102 cm³/mol. The van der Waals surface area contributed by atoms with Crippen LogP contribution in [0, 0.1) is 11.3 Å². The standard InChI is InChI=1S/C20H23N3O3/c1-4-25-18-12-17(23-20(24)15-9-7-6-8-10-15)19(26-5-2)11-16(18)22-14(3)13-21/h6-12,14,22H,4-5H2,1-3H3,(H,23,24). The zero-order chi connectivity index (χ0) is 18.9. The van der Waals surface area contributed by atoms with Crippen molar-refractivity contribution in [2.75, 3.05) is 23.8 Å². The molecule has 26 heavy (non-hydrogen) atoms. The number of rotatable bonds is 8. The molecule has 2 aromatic carbocycles. The Labute approximate surface area is 153 Å². The van der Waals surface area contributed by atoms with Crippen LogP contribution in [0.2, 0.25) is 0 Å². The summed E-state index contributed by atoms with van der Waals surface area (Å²) in [6, 6.07) is 14.1. The zero-order valence-corrected chi connectivity index (χ0v) is 15.2. The Morgan fingerprint density at radius 3 is 2.23 bits per heavy atom. The van der Waals surface area contributed by atoms with E-state index >= 15 is 0 Å². The molecule has 0 fully saturated rings. The smallest absolute Gasteiger partial charge is 0.255 e. The van der Waals surface area contributed by atoms with Crippen LogP contribution < -0.4 is 20.1 Å². The van der Waals surface area contributed by atoms with Crippen molar-refractivity contribution in [3.63, 3.8) is 0 Å². The summed E-state index contributed by atoms with van der Waals surface area (Å²) >= 11 is 0. The Bertz CT molecular complexity index is 785. The maximum absolute atomic E-state index is 12.5. The lowest BCUT2D eigenvalue weighted by Crippen LogP contribution is -2.16. The molecule has 2 aromatic rings. The normalized spacial score (nSPS) is 11.2. The molecule has 0 saturated heterocycles. The van der Waals surface area contributed by atoms with E-state index in [1.807, 2.05) is 19.9 Å². The number of hydrogen-bond acceptors (Lipinski definition) is 5. The van der Waals surface area contributed by atoms with E-state index in [0.717, 1.165) is 0 Å². The van der Waals surface area contributed by atoms with Crippen molar-refractivity contribution < 1.29 is 14.3 Å². The highest BCUT2D eigenvalue weighted by Crippen LogP contribution is 2.37. The molecule has 0 radical (unpaired) electrons. The van der Waals surface area contributed by atoms with Gasteiger partial charge in [0.25, 0.3) is 5.91 Å². The second kappa shape index (κ2) is 9.33. The van der Waals surface area contributed by atoms with Crippen molar-refractivity contribution in [1.29, 1.82) is 5.26 Å². The molecule has 0 saturated carbocycles. The summed E-state index contributed by atoms with van der Waals surface area (Å²) in [4.78, 5) is 12.5. The number of nitrogens with one attached hydrogen (secondary N) is 2. The first kappa shape index (κ1) is 19.1. The molecule has 136 valence electrons. The van der Waals surface area contributed by atoms with E-state index in [1.165, 1.54) is 0 Å². The topological polar surface area (TPSA) is 83.4 Å². The van der Waals surface area contributed by atoms with Crippen LogP contribution >= 0.6 is 0 Å². The number of nitrogens with zero attached hydrogens (tertiary/aromatic N) is 1.